The number of nitrogens with zero attached hydrogens (tertiary/aromatic N) is 2. The Morgan fingerprint density at radius 1 is 1.38 bits per heavy atom. The van der Waals surface area contributed by atoms with Gasteiger partial charge < -0.3 is 5.73 Å². The SMILES string of the molecule is Cc1nn(C)c(CC(=O)C2(c3ccc(N)cc3)CC2)c1Br. The van der Waals surface area contributed by atoms with Crippen LogP contribution in [0.25, 0.3) is 0 Å². The molecule has 0 atom stereocenters. The van der Waals surface area contributed by atoms with E-state index in [1.807, 2.05) is 38.2 Å². The molecule has 1 heterocycles. The summed E-state index contributed by atoms with van der Waals surface area (Å²) in [4.78, 5) is 12.8. The van der Waals surface area contributed by atoms with E-state index in [0.717, 1.165) is 40.0 Å². The highest BCUT2D eigenvalue weighted by molar-refractivity contribution is 9.10. The van der Waals surface area contributed by atoms with E-state index >= 15 is 0 Å². The maximum Gasteiger partial charge on any atom is 0.149 e. The van der Waals surface area contributed by atoms with Crippen LogP contribution in [0.2, 0.25) is 0 Å². The van der Waals surface area contributed by atoms with Gasteiger partial charge in [0.2, 0.25) is 0 Å². The molecule has 110 valence electrons. The van der Waals surface area contributed by atoms with Crippen molar-refractivity contribution in [3.63, 3.8) is 0 Å². The number of Topliss-reactive ketones (excluding diaryl/α,β-unsaturated/α-hetero) is 1. The quantitative estimate of drug-likeness (QED) is 0.865. The van der Waals surface area contributed by atoms with E-state index in [4.69, 9.17) is 5.73 Å². The summed E-state index contributed by atoms with van der Waals surface area (Å²) < 4.78 is 2.72. The smallest absolute Gasteiger partial charge is 0.149 e. The van der Waals surface area contributed by atoms with Crippen molar-refractivity contribution in [2.24, 2.45) is 7.05 Å². The Morgan fingerprint density at radius 2 is 2.00 bits per heavy atom. The predicted molar refractivity (Wildman–Crippen MR) is 86.1 cm³/mol. The van der Waals surface area contributed by atoms with Crippen LogP contribution in [0.3, 0.4) is 0 Å². The Kier molecular flexibility index (Phi) is 3.40. The van der Waals surface area contributed by atoms with Crippen LogP contribution in [-0.2, 0) is 23.7 Å². The first-order valence-electron chi connectivity index (χ1n) is 7.01. The molecule has 1 aromatic heterocycles. The molecule has 0 radical (unpaired) electrons. The molecule has 3 rings (SSSR count). The molecule has 0 unspecified atom stereocenters. The van der Waals surface area contributed by atoms with Gasteiger partial charge in [0.1, 0.15) is 5.78 Å². The molecule has 2 N–H and O–H groups in total. The molecule has 0 spiro atoms. The van der Waals surface area contributed by atoms with E-state index in [1.165, 1.54) is 0 Å². The van der Waals surface area contributed by atoms with Crippen LogP contribution in [0.5, 0.6) is 0 Å². The third-order valence-electron chi connectivity index (χ3n) is 4.34. The zero-order valence-corrected chi connectivity index (χ0v) is 13.8. The Morgan fingerprint density at radius 3 is 2.48 bits per heavy atom. The van der Waals surface area contributed by atoms with E-state index in [0.29, 0.717) is 6.42 Å². The maximum absolute atomic E-state index is 12.8. The summed E-state index contributed by atoms with van der Waals surface area (Å²) >= 11 is 3.53. The van der Waals surface area contributed by atoms with Gasteiger partial charge in [0.15, 0.2) is 0 Å². The number of hydrogen-bond acceptors (Lipinski definition) is 3. The molecular weight excluding hydrogens is 330 g/mol. The molecule has 1 aromatic carbocycles. The number of nitrogens with two attached hydrogens (primary N) is 1. The highest BCUT2D eigenvalue weighted by Crippen LogP contribution is 2.49. The Bertz CT molecular complexity index is 699. The Labute approximate surface area is 132 Å². The number of aryl methyl sites for hydroxylation is 2. The topological polar surface area (TPSA) is 60.9 Å². The largest absolute Gasteiger partial charge is 0.399 e. The van der Waals surface area contributed by atoms with Crippen LogP contribution in [0, 0.1) is 6.92 Å². The van der Waals surface area contributed by atoms with Gasteiger partial charge in [-0.1, -0.05) is 12.1 Å². The summed E-state index contributed by atoms with van der Waals surface area (Å²) in [5.74, 6) is 0.260. The molecule has 1 saturated carbocycles. The summed E-state index contributed by atoms with van der Waals surface area (Å²) in [6.45, 7) is 1.94. The van der Waals surface area contributed by atoms with Gasteiger partial charge in [0.05, 0.1) is 27.7 Å². The van der Waals surface area contributed by atoms with Gasteiger partial charge in [-0.2, -0.15) is 5.10 Å². The van der Waals surface area contributed by atoms with Crippen molar-refractivity contribution >= 4 is 27.4 Å². The van der Waals surface area contributed by atoms with E-state index in [9.17, 15) is 4.79 Å². The van der Waals surface area contributed by atoms with Crippen molar-refractivity contribution in [1.29, 1.82) is 0 Å². The number of benzene rings is 1. The van der Waals surface area contributed by atoms with E-state index < -0.39 is 0 Å². The van der Waals surface area contributed by atoms with Crippen molar-refractivity contribution in [1.82, 2.24) is 9.78 Å². The number of hydrogen-bond donors (Lipinski definition) is 1. The van der Waals surface area contributed by atoms with Gasteiger partial charge in [0.25, 0.3) is 0 Å². The lowest BCUT2D eigenvalue weighted by Gasteiger charge is -2.15. The van der Waals surface area contributed by atoms with Crippen LogP contribution in [0.1, 0.15) is 29.8 Å². The lowest BCUT2D eigenvalue weighted by molar-refractivity contribution is -0.120. The van der Waals surface area contributed by atoms with Crippen LogP contribution < -0.4 is 5.73 Å². The van der Waals surface area contributed by atoms with E-state index in [1.54, 1.807) is 4.68 Å². The molecule has 0 amide bonds. The van der Waals surface area contributed by atoms with Crippen LogP contribution in [0.4, 0.5) is 5.69 Å². The minimum absolute atomic E-state index is 0.260. The zero-order chi connectivity index (χ0) is 15.2. The van der Waals surface area contributed by atoms with E-state index in [-0.39, 0.29) is 11.2 Å². The predicted octanol–water partition coefficient (Wildman–Crippen LogP) is 2.92. The number of halogens is 1. The first kappa shape index (κ1) is 14.3. The Hall–Kier alpha value is -1.62. The second-order valence-electron chi connectivity index (χ2n) is 5.77. The van der Waals surface area contributed by atoms with Crippen molar-refractivity contribution < 1.29 is 4.79 Å². The number of carbonyl (C=O) groups excluding carboxylic acids is 1. The van der Waals surface area contributed by atoms with Crippen molar-refractivity contribution in [2.75, 3.05) is 5.73 Å². The minimum atomic E-state index is -0.314. The molecular formula is C16H18BrN3O. The van der Waals surface area contributed by atoms with Crippen LogP contribution in [-0.4, -0.2) is 15.6 Å². The lowest BCUT2D eigenvalue weighted by atomic mass is 9.89. The Balaban J connectivity index is 1.87. The summed E-state index contributed by atoms with van der Waals surface area (Å²) in [6.07, 6.45) is 2.25. The second kappa shape index (κ2) is 4.98. The van der Waals surface area contributed by atoms with Gasteiger partial charge in [-0.15, -0.1) is 0 Å². The third kappa shape index (κ3) is 2.39. The van der Waals surface area contributed by atoms with Gasteiger partial charge >= 0.3 is 0 Å². The van der Waals surface area contributed by atoms with Gasteiger partial charge in [0, 0.05) is 12.7 Å². The fourth-order valence-electron chi connectivity index (χ4n) is 2.85. The first-order valence-corrected chi connectivity index (χ1v) is 7.80. The fourth-order valence-corrected chi connectivity index (χ4v) is 3.33. The van der Waals surface area contributed by atoms with Crippen molar-refractivity contribution in [3.05, 3.63) is 45.7 Å². The number of rotatable bonds is 4. The number of anilines is 1. The summed E-state index contributed by atoms with van der Waals surface area (Å²) in [5, 5.41) is 4.35. The monoisotopic (exact) mass is 347 g/mol. The summed E-state index contributed by atoms with van der Waals surface area (Å²) in [5.41, 5.74) is 9.08. The van der Waals surface area contributed by atoms with Crippen molar-refractivity contribution in [2.45, 2.75) is 31.6 Å². The first-order chi connectivity index (χ1) is 9.94. The van der Waals surface area contributed by atoms with Gasteiger partial charge in [-0.3, -0.25) is 9.48 Å². The second-order valence-corrected chi connectivity index (χ2v) is 6.57. The lowest BCUT2D eigenvalue weighted by Crippen LogP contribution is -2.23. The summed E-state index contributed by atoms with van der Waals surface area (Å²) in [7, 11) is 1.88. The summed E-state index contributed by atoms with van der Waals surface area (Å²) in [6, 6.07) is 7.69. The highest BCUT2D eigenvalue weighted by atomic mass is 79.9. The number of aromatic nitrogens is 2. The van der Waals surface area contributed by atoms with E-state index in [2.05, 4.69) is 21.0 Å². The molecule has 0 saturated heterocycles. The molecule has 5 heteroatoms. The average molecular weight is 348 g/mol. The normalized spacial score (nSPS) is 16.0. The zero-order valence-electron chi connectivity index (χ0n) is 12.2. The van der Waals surface area contributed by atoms with Crippen molar-refractivity contribution in [3.8, 4) is 0 Å². The number of nitrogen functional groups attached to an aromatic ring is 1. The molecule has 0 aliphatic heterocycles. The molecule has 1 aliphatic carbocycles. The third-order valence-corrected chi connectivity index (χ3v) is 5.37. The molecule has 0 bridgehead atoms. The molecule has 1 fully saturated rings. The van der Waals surface area contributed by atoms with Crippen LogP contribution in [0.15, 0.2) is 28.7 Å². The average Bonchev–Trinajstić information content (AvgIpc) is 3.21. The minimum Gasteiger partial charge on any atom is -0.399 e. The molecule has 2 aromatic rings. The molecule has 4 nitrogen and oxygen atoms in total. The highest BCUT2D eigenvalue weighted by Gasteiger charge is 2.50. The molecule has 21 heavy (non-hydrogen) atoms. The van der Waals surface area contributed by atoms with Gasteiger partial charge in [-0.05, 0) is 53.4 Å². The number of ketones is 1. The fraction of sp³-hybridized carbons (Fsp3) is 0.375. The standard InChI is InChI=1S/C16H18BrN3O/c1-10-15(17)13(20(2)19-10)9-14(21)16(7-8-16)11-3-5-12(18)6-4-11/h3-6H,7-9,18H2,1-2H3. The van der Waals surface area contributed by atoms with Crippen LogP contribution >= 0.6 is 15.9 Å². The maximum atomic E-state index is 12.8. The van der Waals surface area contributed by atoms with Gasteiger partial charge in [-0.25, -0.2) is 0 Å². The molecule has 1 aliphatic rings. The number of carbonyl (C=O) groups is 1.